The van der Waals surface area contributed by atoms with E-state index in [9.17, 15) is 4.79 Å². The van der Waals surface area contributed by atoms with Crippen LogP contribution >= 0.6 is 17.0 Å². The van der Waals surface area contributed by atoms with Gasteiger partial charge in [-0.25, -0.2) is 0 Å². The van der Waals surface area contributed by atoms with Gasteiger partial charge in [-0.15, -0.1) is 17.0 Å². The van der Waals surface area contributed by atoms with Gasteiger partial charge in [0.2, 0.25) is 0 Å². The maximum absolute atomic E-state index is 11.8. The summed E-state index contributed by atoms with van der Waals surface area (Å²) < 4.78 is 0. The van der Waals surface area contributed by atoms with Gasteiger partial charge >= 0.3 is 0 Å². The number of ketones is 1. The maximum atomic E-state index is 11.8. The van der Waals surface area contributed by atoms with Crippen LogP contribution in [0.3, 0.4) is 0 Å². The molecule has 1 fully saturated rings. The number of Topliss-reactive ketones (excluding diaryl/α,β-unsaturated/α-hetero) is 1. The molecule has 0 radical (unpaired) electrons. The van der Waals surface area contributed by atoms with Crippen LogP contribution in [0, 0.1) is 0 Å². The zero-order valence-electron chi connectivity index (χ0n) is 8.27. The standard InChI is InChI=1S/C11H13NO2.BrH/c13-9-5-3-8(4-6-9)11(14)10-2-1-7-12-10;/h3-6,10,12-13H,1-2,7H2;1H. The van der Waals surface area contributed by atoms with E-state index in [1.165, 1.54) is 0 Å². The number of halogens is 1. The van der Waals surface area contributed by atoms with E-state index in [0.29, 0.717) is 5.56 Å². The molecule has 0 amide bonds. The molecule has 0 aromatic heterocycles. The van der Waals surface area contributed by atoms with E-state index in [0.717, 1.165) is 19.4 Å². The van der Waals surface area contributed by atoms with Crippen LogP contribution in [0.25, 0.3) is 0 Å². The number of phenols is 1. The average Bonchev–Trinajstić information content (AvgIpc) is 2.71. The molecule has 1 heterocycles. The summed E-state index contributed by atoms with van der Waals surface area (Å²) >= 11 is 0. The number of hydrogen-bond acceptors (Lipinski definition) is 3. The molecule has 1 atom stereocenters. The first-order chi connectivity index (χ1) is 6.77. The minimum absolute atomic E-state index is 0. The quantitative estimate of drug-likeness (QED) is 0.808. The molecule has 1 aromatic rings. The molecular weight excluding hydrogens is 258 g/mol. The van der Waals surface area contributed by atoms with E-state index in [1.54, 1.807) is 24.3 Å². The Morgan fingerprint density at radius 3 is 2.53 bits per heavy atom. The summed E-state index contributed by atoms with van der Waals surface area (Å²) in [4.78, 5) is 11.8. The summed E-state index contributed by atoms with van der Waals surface area (Å²) in [5.41, 5.74) is 0.669. The van der Waals surface area contributed by atoms with Gasteiger partial charge in [0.25, 0.3) is 0 Å². The molecule has 1 aromatic carbocycles. The third-order valence-electron chi connectivity index (χ3n) is 2.53. The Balaban J connectivity index is 0.00000112. The van der Waals surface area contributed by atoms with Crippen LogP contribution in [-0.2, 0) is 0 Å². The Morgan fingerprint density at radius 1 is 1.33 bits per heavy atom. The molecule has 1 saturated heterocycles. The van der Waals surface area contributed by atoms with Gasteiger partial charge in [-0.3, -0.25) is 4.79 Å². The Morgan fingerprint density at radius 2 is 2.00 bits per heavy atom. The molecule has 0 saturated carbocycles. The van der Waals surface area contributed by atoms with Crippen molar-refractivity contribution >= 4 is 22.8 Å². The fourth-order valence-corrected chi connectivity index (χ4v) is 1.74. The number of hydrogen-bond donors (Lipinski definition) is 2. The van der Waals surface area contributed by atoms with Crippen molar-refractivity contribution in [2.45, 2.75) is 18.9 Å². The predicted octanol–water partition coefficient (Wildman–Crippen LogP) is 1.90. The molecular formula is C11H14BrNO2. The second kappa shape index (κ2) is 5.28. The minimum atomic E-state index is -0.0282. The summed E-state index contributed by atoms with van der Waals surface area (Å²) in [5.74, 6) is 0.323. The van der Waals surface area contributed by atoms with Crippen molar-refractivity contribution in [3.05, 3.63) is 29.8 Å². The molecule has 1 aliphatic rings. The Labute approximate surface area is 99.3 Å². The highest BCUT2D eigenvalue weighted by atomic mass is 79.9. The molecule has 3 nitrogen and oxygen atoms in total. The number of nitrogens with one attached hydrogen (secondary N) is 1. The smallest absolute Gasteiger partial charge is 0.179 e. The Kier molecular flexibility index (Phi) is 4.29. The highest BCUT2D eigenvalue weighted by Crippen LogP contribution is 2.15. The van der Waals surface area contributed by atoms with E-state index < -0.39 is 0 Å². The average molecular weight is 272 g/mol. The van der Waals surface area contributed by atoms with Crippen molar-refractivity contribution in [3.8, 4) is 5.75 Å². The van der Waals surface area contributed by atoms with Gasteiger partial charge in [0.05, 0.1) is 6.04 Å². The lowest BCUT2D eigenvalue weighted by Gasteiger charge is -2.08. The summed E-state index contributed by atoms with van der Waals surface area (Å²) in [6.45, 7) is 0.925. The highest BCUT2D eigenvalue weighted by molar-refractivity contribution is 8.93. The van der Waals surface area contributed by atoms with Gasteiger partial charge in [-0.2, -0.15) is 0 Å². The summed E-state index contributed by atoms with van der Waals surface area (Å²) in [6.07, 6.45) is 1.98. The SMILES string of the molecule is Br.O=C(c1ccc(O)cc1)C1CCCN1. The molecule has 0 bridgehead atoms. The monoisotopic (exact) mass is 271 g/mol. The van der Waals surface area contributed by atoms with Crippen molar-refractivity contribution in [3.63, 3.8) is 0 Å². The van der Waals surface area contributed by atoms with Crippen molar-refractivity contribution < 1.29 is 9.90 Å². The van der Waals surface area contributed by atoms with Gasteiger partial charge in [-0.05, 0) is 43.7 Å². The molecule has 0 spiro atoms. The highest BCUT2D eigenvalue weighted by Gasteiger charge is 2.22. The van der Waals surface area contributed by atoms with Crippen molar-refractivity contribution in [1.29, 1.82) is 0 Å². The molecule has 82 valence electrons. The summed E-state index contributed by atoms with van der Waals surface area (Å²) in [6, 6.07) is 6.39. The first kappa shape index (κ1) is 12.2. The zero-order valence-corrected chi connectivity index (χ0v) is 9.98. The number of benzene rings is 1. The van der Waals surface area contributed by atoms with E-state index in [-0.39, 0.29) is 34.6 Å². The number of carbonyl (C=O) groups is 1. The number of rotatable bonds is 2. The molecule has 2 rings (SSSR count). The van der Waals surface area contributed by atoms with Crippen LogP contribution in [0.1, 0.15) is 23.2 Å². The van der Waals surface area contributed by atoms with Crippen LogP contribution in [-0.4, -0.2) is 23.5 Å². The third-order valence-corrected chi connectivity index (χ3v) is 2.53. The third kappa shape index (κ3) is 2.79. The fraction of sp³-hybridized carbons (Fsp3) is 0.364. The Bertz CT molecular complexity index is 331. The molecule has 1 unspecified atom stereocenters. The minimum Gasteiger partial charge on any atom is -0.508 e. The molecule has 4 heteroatoms. The topological polar surface area (TPSA) is 49.3 Å². The molecule has 15 heavy (non-hydrogen) atoms. The zero-order chi connectivity index (χ0) is 9.97. The van der Waals surface area contributed by atoms with Crippen molar-refractivity contribution in [1.82, 2.24) is 5.32 Å². The van der Waals surface area contributed by atoms with E-state index in [2.05, 4.69) is 5.32 Å². The summed E-state index contributed by atoms with van der Waals surface area (Å²) in [5, 5.41) is 12.2. The number of carbonyl (C=O) groups excluding carboxylic acids is 1. The number of aromatic hydroxyl groups is 1. The fourth-order valence-electron chi connectivity index (χ4n) is 1.74. The molecule has 1 aliphatic heterocycles. The summed E-state index contributed by atoms with van der Waals surface area (Å²) in [7, 11) is 0. The van der Waals surface area contributed by atoms with E-state index >= 15 is 0 Å². The molecule has 0 aliphatic carbocycles. The normalized spacial score (nSPS) is 19.6. The largest absolute Gasteiger partial charge is 0.508 e. The van der Waals surface area contributed by atoms with Gasteiger partial charge < -0.3 is 10.4 Å². The van der Waals surface area contributed by atoms with Crippen LogP contribution in [0.2, 0.25) is 0 Å². The number of phenolic OH excluding ortho intramolecular Hbond substituents is 1. The lowest BCUT2D eigenvalue weighted by Crippen LogP contribution is -2.30. The first-order valence-corrected chi connectivity index (χ1v) is 4.84. The van der Waals surface area contributed by atoms with Gasteiger partial charge in [0, 0.05) is 5.56 Å². The maximum Gasteiger partial charge on any atom is 0.179 e. The van der Waals surface area contributed by atoms with Gasteiger partial charge in [0.15, 0.2) is 5.78 Å². The van der Waals surface area contributed by atoms with Crippen LogP contribution in [0.4, 0.5) is 0 Å². The van der Waals surface area contributed by atoms with Crippen LogP contribution in [0.5, 0.6) is 5.75 Å². The van der Waals surface area contributed by atoms with Crippen LogP contribution < -0.4 is 5.32 Å². The molecule has 2 N–H and O–H groups in total. The van der Waals surface area contributed by atoms with Gasteiger partial charge in [-0.1, -0.05) is 0 Å². The van der Waals surface area contributed by atoms with Gasteiger partial charge in [0.1, 0.15) is 5.75 Å². The predicted molar refractivity (Wildman–Crippen MR) is 63.8 cm³/mol. The first-order valence-electron chi connectivity index (χ1n) is 4.84. The lowest BCUT2D eigenvalue weighted by atomic mass is 10.0. The second-order valence-corrected chi connectivity index (χ2v) is 3.56. The Hall–Kier alpha value is -0.870. The lowest BCUT2D eigenvalue weighted by molar-refractivity contribution is 0.0952. The van der Waals surface area contributed by atoms with Crippen molar-refractivity contribution in [2.75, 3.05) is 6.54 Å². The second-order valence-electron chi connectivity index (χ2n) is 3.56. The van der Waals surface area contributed by atoms with E-state index in [1.807, 2.05) is 0 Å². The van der Waals surface area contributed by atoms with Crippen LogP contribution in [0.15, 0.2) is 24.3 Å². The van der Waals surface area contributed by atoms with E-state index in [4.69, 9.17) is 5.11 Å². The van der Waals surface area contributed by atoms with Crippen molar-refractivity contribution in [2.24, 2.45) is 0 Å².